The predicted octanol–water partition coefficient (Wildman–Crippen LogP) is 6.35. The fourth-order valence-corrected chi connectivity index (χ4v) is 17.0. The summed E-state index contributed by atoms with van der Waals surface area (Å²) in [5, 5.41) is 8.40. The van der Waals surface area contributed by atoms with Crippen LogP contribution in [0.5, 0.6) is 0 Å². The molecule has 108 heavy (non-hydrogen) atoms. The molecule has 25 nitrogen and oxygen atoms in total. The lowest BCUT2D eigenvalue weighted by Gasteiger charge is -2.46. The fraction of sp³-hybridized carbons (Fsp3) is 0.813. The van der Waals surface area contributed by atoms with Crippen LogP contribution >= 0.6 is 0 Å². The monoisotopic (exact) mass is 1540 g/mol. The van der Waals surface area contributed by atoms with Crippen LogP contribution in [0.4, 0.5) is 35.1 Å². The highest BCUT2D eigenvalue weighted by Gasteiger charge is 2.56. The summed E-state index contributed by atoms with van der Waals surface area (Å²) in [6.45, 7) is 6.86. The van der Waals surface area contributed by atoms with Crippen LogP contribution in [0, 0.1) is 41.4 Å². The summed E-state index contributed by atoms with van der Waals surface area (Å²) in [6.07, 6.45) is -13.2. The van der Waals surface area contributed by atoms with E-state index >= 15 is 37.5 Å². The van der Waals surface area contributed by atoms with Crippen molar-refractivity contribution in [3.63, 3.8) is 0 Å². The van der Waals surface area contributed by atoms with Crippen LogP contribution in [-0.4, -0.2) is 289 Å². The number of carbonyl (C=O) groups excluding carboxylic acids is 12. The number of carbonyl (C=O) groups is 12. The van der Waals surface area contributed by atoms with Gasteiger partial charge in [0.2, 0.25) is 70.9 Å². The first-order valence-electron chi connectivity index (χ1n) is 38.5. The van der Waals surface area contributed by atoms with E-state index in [1.54, 1.807) is 32.9 Å². The predicted molar refractivity (Wildman–Crippen MR) is 381 cm³/mol. The van der Waals surface area contributed by atoms with Crippen molar-refractivity contribution in [2.24, 2.45) is 41.4 Å². The van der Waals surface area contributed by atoms with Crippen molar-refractivity contribution in [2.45, 2.75) is 261 Å². The second kappa shape index (κ2) is 37.7. The van der Waals surface area contributed by atoms with Gasteiger partial charge in [-0.2, -0.15) is 26.3 Å². The first-order valence-corrected chi connectivity index (χ1v) is 38.5. The van der Waals surface area contributed by atoms with Gasteiger partial charge in [-0.15, -0.1) is 0 Å². The van der Waals surface area contributed by atoms with E-state index in [0.29, 0.717) is 38.5 Å². The molecule has 4 saturated carbocycles. The van der Waals surface area contributed by atoms with Crippen molar-refractivity contribution < 1.29 is 97.4 Å². The van der Waals surface area contributed by atoms with Gasteiger partial charge in [-0.05, 0) is 146 Å². The van der Waals surface area contributed by atoms with E-state index in [9.17, 15) is 55.1 Å². The van der Waals surface area contributed by atoms with Crippen molar-refractivity contribution in [2.75, 3.05) is 89.2 Å². The average molecular weight is 1550 g/mol. The zero-order valence-corrected chi connectivity index (χ0v) is 65.0. The Labute approximate surface area is 629 Å². The molecule has 6 fully saturated rings. The molecule has 0 aromatic heterocycles. The molecule has 3 aliphatic heterocycles. The number of hydrogen-bond donors (Lipinski definition) is 3. The van der Waals surface area contributed by atoms with Crippen molar-refractivity contribution in [1.82, 2.24) is 60.0 Å². The average Bonchev–Trinajstić information content (AvgIpc) is 1.18. The number of halogens is 8. The van der Waals surface area contributed by atoms with Gasteiger partial charge in [-0.25, -0.2) is 8.78 Å². The summed E-state index contributed by atoms with van der Waals surface area (Å²) in [4.78, 5) is 191. The molecule has 12 atom stereocenters. The Hall–Kier alpha value is -7.22. The lowest BCUT2D eigenvalue weighted by Crippen LogP contribution is -2.68. The van der Waals surface area contributed by atoms with E-state index < -0.39 is 230 Å². The molecule has 7 aliphatic rings. The third kappa shape index (κ3) is 21.3. The van der Waals surface area contributed by atoms with Crippen molar-refractivity contribution in [3.05, 3.63) is 12.2 Å². The summed E-state index contributed by atoms with van der Waals surface area (Å²) >= 11 is 0. The van der Waals surface area contributed by atoms with E-state index in [2.05, 4.69) is 16.0 Å². The summed E-state index contributed by atoms with van der Waals surface area (Å²) in [7, 11) is 10.9. The minimum atomic E-state index is -5.22. The molecule has 1 spiro atoms. The molecule has 0 radical (unpaired) electrons. The highest BCUT2D eigenvalue weighted by Crippen LogP contribution is 2.46. The van der Waals surface area contributed by atoms with Crippen LogP contribution in [0.25, 0.3) is 0 Å². The molecule has 7 rings (SSSR count). The zero-order chi connectivity index (χ0) is 80.4. The molecule has 3 N–H and O–H groups in total. The van der Waals surface area contributed by atoms with Gasteiger partial charge in [0.15, 0.2) is 0 Å². The number of hydrogen-bond acceptors (Lipinski definition) is 13. The summed E-state index contributed by atoms with van der Waals surface area (Å²) < 4.78 is 121. The Morgan fingerprint density at radius 3 is 1.81 bits per heavy atom. The van der Waals surface area contributed by atoms with Gasteiger partial charge in [0, 0.05) is 82.5 Å². The maximum absolute atomic E-state index is 15.5. The summed E-state index contributed by atoms with van der Waals surface area (Å²) in [5.41, 5.74) is -1.69. The highest BCUT2D eigenvalue weighted by molar-refractivity contribution is 6.01. The smallest absolute Gasteiger partial charge is 0.377 e. The molecule has 3 heterocycles. The molecule has 12 amide bonds. The van der Waals surface area contributed by atoms with Crippen LogP contribution < -0.4 is 16.0 Å². The first-order chi connectivity index (χ1) is 50.6. The standard InChI is InChI=1S/C75H116F8N12O13/c1-14-44(5)62-70(105)89(9)42-60(98)90(10)53-24-17-16-20-33-94(69(53)104)57(37-45-25-28-48(29-26-45)74(78,79)80)68(103)88(8)41-58(96)84-52(30-27-46-35-50(76)61(51(77)36-46)75(81,82)83)66(101)95-40-49(108-15-2)38-55(95)65(100)86-73(31-21-32-73)72(107)93(13)63(47-22-18-19-23-47)71(106)92(12)56(67(102)87(6)7)39-59(97)91(11)54(34-43(3)4)64(99)85-62/h16-17,43-57,61-63H,14-15,18-42H2,1-13H3,(H,84,96)(H,85,99)(H,86,100)/b17-16-/t44-,45?,46?,48?,49+,50?,51?,52-,53-,54-,55-,56-,57-,61?,62-,63-/m0/s1. The molecule has 2 bridgehead atoms. The van der Waals surface area contributed by atoms with E-state index in [-0.39, 0.29) is 103 Å². The maximum Gasteiger partial charge on any atom is 0.397 e. The number of likely N-dealkylation sites (N-methyl/N-ethyl adjacent to an activating group) is 7. The van der Waals surface area contributed by atoms with Crippen LogP contribution in [-0.2, 0) is 62.3 Å². The fourth-order valence-electron chi connectivity index (χ4n) is 17.0. The van der Waals surface area contributed by atoms with Crippen molar-refractivity contribution >= 4 is 70.9 Å². The zero-order valence-electron chi connectivity index (χ0n) is 65.0. The molecule has 2 unspecified atom stereocenters. The second-order valence-corrected chi connectivity index (χ2v) is 32.2. The number of amides is 12. The molecule has 0 aromatic carbocycles. The second-order valence-electron chi connectivity index (χ2n) is 32.2. The quantitative estimate of drug-likeness (QED) is 0.134. The minimum Gasteiger partial charge on any atom is -0.377 e. The Bertz CT molecular complexity index is 3230. The molecular formula is C75H116F8N12O13. The van der Waals surface area contributed by atoms with E-state index in [4.69, 9.17) is 4.74 Å². The number of fused-ring (bicyclic) bond motifs is 3. The van der Waals surface area contributed by atoms with Crippen LogP contribution in [0.3, 0.4) is 0 Å². The number of nitrogens with one attached hydrogen (secondary N) is 3. The number of ether oxygens (including phenoxy) is 1. The Balaban J connectivity index is 1.33. The van der Waals surface area contributed by atoms with Gasteiger partial charge < -0.3 is 64.8 Å². The molecule has 33 heteroatoms. The van der Waals surface area contributed by atoms with Gasteiger partial charge in [0.1, 0.15) is 72.1 Å². The third-order valence-electron chi connectivity index (χ3n) is 23.9. The lowest BCUT2D eigenvalue weighted by atomic mass is 9.74. The van der Waals surface area contributed by atoms with E-state index in [1.165, 1.54) is 71.1 Å². The van der Waals surface area contributed by atoms with Crippen molar-refractivity contribution in [3.8, 4) is 0 Å². The largest absolute Gasteiger partial charge is 0.397 e. The van der Waals surface area contributed by atoms with E-state index in [0.717, 1.165) is 29.4 Å². The van der Waals surface area contributed by atoms with Gasteiger partial charge >= 0.3 is 12.4 Å². The number of alkyl halides is 8. The summed E-state index contributed by atoms with van der Waals surface area (Å²) in [5.74, 6) is -17.1. The lowest BCUT2D eigenvalue weighted by molar-refractivity contribution is -0.219. The van der Waals surface area contributed by atoms with Gasteiger partial charge in [-0.3, -0.25) is 57.5 Å². The minimum absolute atomic E-state index is 0.00507. The molecule has 2 saturated heterocycles. The Morgan fingerprint density at radius 2 is 1.26 bits per heavy atom. The maximum atomic E-state index is 15.5. The summed E-state index contributed by atoms with van der Waals surface area (Å²) in [6, 6.07) is -11.4. The van der Waals surface area contributed by atoms with Gasteiger partial charge in [0.05, 0.1) is 31.5 Å². The molecular weight excluding hydrogens is 1430 g/mol. The SMILES string of the molecule is CCO[C@@H]1C[C@H]2C(=O)NC3(CCC3)C(=O)N(C)[C@@H](C3CCCC3)C(=O)N(C)[C@H](C(=O)N(C)C)CC(=O)N(C)[C@@H](CC(C)C)C(=O)N[C@@H]([C@@H](C)CC)C(=O)N(C)CC(=O)N(C)[C@H]3C/C=C\CCN(C3=O)[C@@H](CC3CCC(C(F)(F)F)CC3)C(=O)N(C)CC(=O)N[C@@H](CCC3CC(F)C(C(F)(F)F)C(F)C3)C(=O)N2C1. The van der Waals surface area contributed by atoms with Crippen molar-refractivity contribution in [1.29, 1.82) is 0 Å². The van der Waals surface area contributed by atoms with Gasteiger partial charge in [-0.1, -0.05) is 59.1 Å². The highest BCUT2D eigenvalue weighted by atomic mass is 19.4. The molecule has 4 aliphatic carbocycles. The normalized spacial score (nSPS) is 32.0. The van der Waals surface area contributed by atoms with Crippen LogP contribution in [0.1, 0.15) is 176 Å². The number of nitrogens with zero attached hydrogens (tertiary/aromatic N) is 9. The third-order valence-corrected chi connectivity index (χ3v) is 23.9. The molecule has 0 aromatic rings. The molecule has 610 valence electrons. The van der Waals surface area contributed by atoms with Crippen LogP contribution in [0.2, 0.25) is 0 Å². The Kier molecular flexibility index (Phi) is 30.7. The Morgan fingerprint density at radius 1 is 0.639 bits per heavy atom. The first kappa shape index (κ1) is 88.0. The van der Waals surface area contributed by atoms with E-state index in [1.807, 2.05) is 13.8 Å². The number of rotatable bonds is 13. The van der Waals surface area contributed by atoms with Crippen LogP contribution in [0.15, 0.2) is 12.2 Å². The topological polar surface area (TPSA) is 279 Å². The van der Waals surface area contributed by atoms with Gasteiger partial charge in [0.25, 0.3) is 0 Å².